The molecule has 2 aromatic carbocycles. The number of nitrogens with two attached hydrogens (primary N) is 2. The summed E-state index contributed by atoms with van der Waals surface area (Å²) >= 11 is 6.85. The zero-order chi connectivity index (χ0) is 27.4. The van der Waals surface area contributed by atoms with Gasteiger partial charge in [-0.2, -0.15) is 0 Å². The molecule has 1 saturated carbocycles. The first-order valence-corrected chi connectivity index (χ1v) is 14.5. The van der Waals surface area contributed by atoms with Crippen molar-refractivity contribution < 1.29 is 4.79 Å². The molecule has 4 aromatic rings. The van der Waals surface area contributed by atoms with E-state index >= 15 is 0 Å². The number of aromatic nitrogens is 4. The summed E-state index contributed by atoms with van der Waals surface area (Å²) in [6.07, 6.45) is 10.4. The van der Waals surface area contributed by atoms with E-state index in [1.54, 1.807) is 6.33 Å². The molecule has 1 atom stereocenters. The number of nitrogens with one attached hydrogen (secondary N) is 1. The molecule has 206 valence electrons. The molecule has 2 fully saturated rings. The van der Waals surface area contributed by atoms with E-state index in [9.17, 15) is 4.79 Å². The fraction of sp³-hybridized carbons (Fsp3) is 0.400. The van der Waals surface area contributed by atoms with Crippen LogP contribution < -0.4 is 21.7 Å². The maximum absolute atomic E-state index is 13.1. The number of hydrogen-bond donors (Lipinski definition) is 3. The monoisotopic (exact) mass is 556 g/mol. The lowest BCUT2D eigenvalue weighted by Crippen LogP contribution is -2.56. The van der Waals surface area contributed by atoms with Gasteiger partial charge in [-0.1, -0.05) is 29.8 Å². The summed E-state index contributed by atoms with van der Waals surface area (Å²) in [5.74, 6) is 0.290. The quantitative estimate of drug-likeness (QED) is 0.329. The molecule has 40 heavy (non-hydrogen) atoms. The number of rotatable bonds is 6. The molecule has 5 N–H and O–H groups in total. The van der Waals surface area contributed by atoms with Crippen LogP contribution in [0.4, 0.5) is 11.5 Å². The van der Waals surface area contributed by atoms with E-state index in [1.807, 2.05) is 10.6 Å². The number of aryl methyl sites for hydroxylation is 1. The van der Waals surface area contributed by atoms with Crippen LogP contribution in [-0.4, -0.2) is 50.1 Å². The van der Waals surface area contributed by atoms with Crippen molar-refractivity contribution in [3.63, 3.8) is 0 Å². The van der Waals surface area contributed by atoms with Crippen molar-refractivity contribution in [2.24, 2.45) is 5.73 Å². The van der Waals surface area contributed by atoms with E-state index in [0.717, 1.165) is 42.5 Å². The minimum atomic E-state index is -0.947. The first kappa shape index (κ1) is 25.3. The summed E-state index contributed by atoms with van der Waals surface area (Å²) in [6, 6.07) is 10.9. The number of amides is 1. The summed E-state index contributed by atoms with van der Waals surface area (Å²) in [4.78, 5) is 28.4. The van der Waals surface area contributed by atoms with Gasteiger partial charge in [-0.25, -0.2) is 15.0 Å². The Morgan fingerprint density at radius 1 is 1.12 bits per heavy atom. The topological polar surface area (TPSA) is 128 Å². The molecule has 1 saturated heterocycles. The normalized spacial score (nSPS) is 20.6. The maximum atomic E-state index is 13.1. The summed E-state index contributed by atoms with van der Waals surface area (Å²) in [7, 11) is 0. The summed E-state index contributed by atoms with van der Waals surface area (Å²) < 4.78 is 2.00. The number of carbonyl (C=O) groups excluding carboxylic acids is 1. The Morgan fingerprint density at radius 3 is 2.83 bits per heavy atom. The predicted octanol–water partition coefficient (Wildman–Crippen LogP) is 3.84. The predicted molar refractivity (Wildman–Crippen MR) is 157 cm³/mol. The molecule has 2 aliphatic carbocycles. The molecule has 3 aliphatic rings. The van der Waals surface area contributed by atoms with Crippen molar-refractivity contribution >= 4 is 40.2 Å². The van der Waals surface area contributed by atoms with E-state index in [1.165, 1.54) is 35.9 Å². The van der Waals surface area contributed by atoms with Crippen LogP contribution in [0.25, 0.3) is 22.3 Å². The largest absolute Gasteiger partial charge is 0.382 e. The number of anilines is 2. The Hall–Kier alpha value is -3.69. The second-order valence-corrected chi connectivity index (χ2v) is 11.9. The van der Waals surface area contributed by atoms with Gasteiger partial charge in [0.2, 0.25) is 5.91 Å². The van der Waals surface area contributed by atoms with Crippen molar-refractivity contribution in [1.29, 1.82) is 0 Å². The van der Waals surface area contributed by atoms with Crippen LogP contribution in [0, 0.1) is 0 Å². The van der Waals surface area contributed by atoms with Crippen molar-refractivity contribution in [2.75, 3.05) is 23.7 Å². The van der Waals surface area contributed by atoms with Crippen LogP contribution in [0.15, 0.2) is 43.0 Å². The molecular weight excluding hydrogens is 524 g/mol. The number of carbonyl (C=O) groups is 1. The molecule has 7 rings (SSSR count). The first-order valence-electron chi connectivity index (χ1n) is 14.1. The highest BCUT2D eigenvalue weighted by Crippen LogP contribution is 2.41. The highest BCUT2D eigenvalue weighted by atomic mass is 35.5. The fourth-order valence-electron chi connectivity index (χ4n) is 6.31. The zero-order valence-electron chi connectivity index (χ0n) is 22.4. The number of hydrogen-bond acceptors (Lipinski definition) is 7. The molecule has 2 aromatic heterocycles. The summed E-state index contributed by atoms with van der Waals surface area (Å²) in [5, 5.41) is 3.77. The highest BCUT2D eigenvalue weighted by molar-refractivity contribution is 6.31. The van der Waals surface area contributed by atoms with Gasteiger partial charge in [0.15, 0.2) is 11.5 Å². The molecular formula is C30H33ClN8O. The minimum Gasteiger partial charge on any atom is -0.382 e. The third-order valence-corrected chi connectivity index (χ3v) is 8.86. The van der Waals surface area contributed by atoms with Crippen LogP contribution in [0.5, 0.6) is 0 Å². The van der Waals surface area contributed by atoms with E-state index in [4.69, 9.17) is 23.1 Å². The van der Waals surface area contributed by atoms with Crippen molar-refractivity contribution in [2.45, 2.75) is 63.1 Å². The van der Waals surface area contributed by atoms with Crippen molar-refractivity contribution in [3.05, 3.63) is 64.7 Å². The van der Waals surface area contributed by atoms with Gasteiger partial charge >= 0.3 is 0 Å². The van der Waals surface area contributed by atoms with Crippen LogP contribution in [0.1, 0.15) is 48.8 Å². The van der Waals surface area contributed by atoms with E-state index in [-0.39, 0.29) is 11.9 Å². The third-order valence-electron chi connectivity index (χ3n) is 8.64. The van der Waals surface area contributed by atoms with Gasteiger partial charge in [0, 0.05) is 35.4 Å². The molecule has 0 bridgehead atoms. The second-order valence-electron chi connectivity index (χ2n) is 11.5. The Morgan fingerprint density at radius 2 is 1.98 bits per heavy atom. The Balaban J connectivity index is 1.36. The number of fused-ring (bicyclic) bond motifs is 2. The van der Waals surface area contributed by atoms with Crippen molar-refractivity contribution in [3.8, 4) is 11.1 Å². The minimum absolute atomic E-state index is 0.0637. The van der Waals surface area contributed by atoms with Crippen molar-refractivity contribution in [1.82, 2.24) is 24.8 Å². The van der Waals surface area contributed by atoms with Crippen LogP contribution in [0.2, 0.25) is 5.02 Å². The lowest BCUT2D eigenvalue weighted by Gasteiger charge is -2.28. The lowest BCUT2D eigenvalue weighted by atomic mass is 9.84. The number of nitrogen functional groups attached to an aromatic ring is 1. The van der Waals surface area contributed by atoms with Gasteiger partial charge in [-0.3, -0.25) is 4.79 Å². The average Bonchev–Trinajstić information content (AvgIpc) is 3.53. The van der Waals surface area contributed by atoms with Gasteiger partial charge in [0.05, 0.1) is 12.9 Å². The fourth-order valence-corrected chi connectivity index (χ4v) is 6.52. The van der Waals surface area contributed by atoms with Crippen LogP contribution in [-0.2, 0) is 24.2 Å². The number of benzene rings is 2. The molecule has 9 nitrogen and oxygen atoms in total. The summed E-state index contributed by atoms with van der Waals surface area (Å²) in [5.41, 5.74) is 20.3. The second kappa shape index (κ2) is 9.74. The molecule has 10 heteroatoms. The van der Waals surface area contributed by atoms with Crippen LogP contribution >= 0.6 is 11.6 Å². The van der Waals surface area contributed by atoms with Crippen LogP contribution in [0.3, 0.4) is 0 Å². The summed E-state index contributed by atoms with van der Waals surface area (Å²) in [6.45, 7) is 1.58. The highest BCUT2D eigenvalue weighted by Gasteiger charge is 2.43. The Bertz CT molecular complexity index is 1630. The van der Waals surface area contributed by atoms with Gasteiger partial charge < -0.3 is 26.3 Å². The first-order chi connectivity index (χ1) is 19.4. The zero-order valence-corrected chi connectivity index (χ0v) is 23.1. The molecule has 0 unspecified atom stereocenters. The van der Waals surface area contributed by atoms with E-state index in [2.05, 4.69) is 49.4 Å². The Kier molecular flexibility index (Phi) is 6.16. The standard InChI is InChI=1S/C30H33ClN8O/c31-19-12-23(22-7-3-5-18-4-1-2-6-21(18)22)24(14-39-17-36-26-27(32)34-16-35-28(26)39)25(13-19)38-11-10-30(33,15-38)29(40)37-20-8-9-20/h3,5,7,12-13,16-17,20H,1-2,4,6,8-11,14-15,33H2,(H,37,40)(H2,32,34,35)/t30-/m1/s1. The molecule has 0 spiro atoms. The van der Waals surface area contributed by atoms with Gasteiger partial charge in [-0.15, -0.1) is 0 Å². The molecule has 3 heterocycles. The molecule has 1 amide bonds. The van der Waals surface area contributed by atoms with Gasteiger partial charge in [0.25, 0.3) is 0 Å². The lowest BCUT2D eigenvalue weighted by molar-refractivity contribution is -0.125. The molecule has 0 radical (unpaired) electrons. The smallest absolute Gasteiger partial charge is 0.242 e. The average molecular weight is 557 g/mol. The number of halogens is 1. The number of nitrogens with zero attached hydrogens (tertiary/aromatic N) is 5. The van der Waals surface area contributed by atoms with E-state index < -0.39 is 5.54 Å². The third kappa shape index (κ3) is 4.47. The molecule has 1 aliphatic heterocycles. The number of imidazole rings is 1. The van der Waals surface area contributed by atoms with Gasteiger partial charge in [0.1, 0.15) is 17.4 Å². The van der Waals surface area contributed by atoms with Gasteiger partial charge in [-0.05, 0) is 79.3 Å². The maximum Gasteiger partial charge on any atom is 0.242 e. The van der Waals surface area contributed by atoms with E-state index in [0.29, 0.717) is 48.1 Å². The Labute approximate surface area is 237 Å². The SMILES string of the molecule is Nc1ncnc2c1ncn2Cc1c(-c2cccc3c2CCCC3)cc(Cl)cc1N1CC[C@](N)(C(=O)NC2CC2)C1.